The number of carbonyl (C=O) groups excluding carboxylic acids is 1. The summed E-state index contributed by atoms with van der Waals surface area (Å²) in [5.41, 5.74) is 2.10. The number of fused-ring (bicyclic) bond motifs is 1. The van der Waals surface area contributed by atoms with E-state index in [4.69, 9.17) is 16.3 Å². The second-order valence-corrected chi connectivity index (χ2v) is 8.04. The molecule has 32 heavy (non-hydrogen) atoms. The summed E-state index contributed by atoms with van der Waals surface area (Å²) in [5, 5.41) is 0.558. The first-order valence-electron chi connectivity index (χ1n) is 10.1. The number of H-pyrrole nitrogens is 1. The molecular weight excluding hydrogens is 434 g/mol. The van der Waals surface area contributed by atoms with Crippen LogP contribution in [-0.2, 0) is 11.2 Å². The van der Waals surface area contributed by atoms with Crippen molar-refractivity contribution in [1.82, 2.24) is 9.97 Å². The molecule has 2 heterocycles. The first kappa shape index (κ1) is 20.4. The zero-order valence-corrected chi connectivity index (χ0v) is 17.4. The standard InChI is InChI=1S/C25H17ClF2N2O2/c26-19-9-5-4-8-15(19)12-18-21(14-6-2-1-3-7-14)22-24(32-25(18)31)30-23(29-22)17-13-16(27)10-11-20(17)28/h1-11,13,18,21H,12H2,(H,29,30)/t18-,21+/m0/s1. The summed E-state index contributed by atoms with van der Waals surface area (Å²) < 4.78 is 33.7. The Hall–Kier alpha value is -3.51. The largest absolute Gasteiger partial charge is 0.407 e. The highest BCUT2D eigenvalue weighted by Gasteiger charge is 2.41. The van der Waals surface area contributed by atoms with E-state index in [9.17, 15) is 13.6 Å². The van der Waals surface area contributed by atoms with Crippen LogP contribution >= 0.6 is 11.6 Å². The Morgan fingerprint density at radius 3 is 2.53 bits per heavy atom. The molecule has 0 saturated heterocycles. The lowest BCUT2D eigenvalue weighted by molar-refractivity contribution is -0.141. The number of nitrogens with one attached hydrogen (secondary N) is 1. The van der Waals surface area contributed by atoms with Crippen molar-refractivity contribution in [3.05, 3.63) is 106 Å². The van der Waals surface area contributed by atoms with Gasteiger partial charge in [0.15, 0.2) is 0 Å². The number of aromatic amines is 1. The summed E-state index contributed by atoms with van der Waals surface area (Å²) in [4.78, 5) is 20.5. The number of ether oxygens (including phenoxy) is 1. The number of rotatable bonds is 4. The minimum atomic E-state index is -0.632. The van der Waals surface area contributed by atoms with Gasteiger partial charge in [0.1, 0.15) is 23.2 Å². The fourth-order valence-electron chi connectivity index (χ4n) is 4.12. The third kappa shape index (κ3) is 3.67. The van der Waals surface area contributed by atoms with Gasteiger partial charge >= 0.3 is 5.97 Å². The van der Waals surface area contributed by atoms with Crippen LogP contribution in [0.4, 0.5) is 8.78 Å². The van der Waals surface area contributed by atoms with Gasteiger partial charge in [0.25, 0.3) is 0 Å². The van der Waals surface area contributed by atoms with Crippen molar-refractivity contribution in [1.29, 1.82) is 0 Å². The highest BCUT2D eigenvalue weighted by molar-refractivity contribution is 6.31. The molecule has 160 valence electrons. The molecule has 0 radical (unpaired) electrons. The second kappa shape index (κ2) is 8.20. The highest BCUT2D eigenvalue weighted by Crippen LogP contribution is 2.43. The van der Waals surface area contributed by atoms with Gasteiger partial charge in [-0.25, -0.2) is 13.8 Å². The van der Waals surface area contributed by atoms with Gasteiger partial charge in [0.05, 0.1) is 11.5 Å². The topological polar surface area (TPSA) is 55.0 Å². The SMILES string of the molecule is O=C1Oc2[nH]c(-c3cc(F)ccc3F)nc2[C@H](c2ccccc2)[C@@H]1Cc1ccccc1Cl. The molecule has 3 aromatic carbocycles. The molecule has 1 aliphatic heterocycles. The summed E-state index contributed by atoms with van der Waals surface area (Å²) >= 11 is 6.35. The van der Waals surface area contributed by atoms with E-state index in [1.165, 1.54) is 0 Å². The lowest BCUT2D eigenvalue weighted by Gasteiger charge is -2.29. The number of nitrogens with zero attached hydrogens (tertiary/aromatic N) is 1. The van der Waals surface area contributed by atoms with E-state index in [2.05, 4.69) is 9.97 Å². The fraction of sp³-hybridized carbons (Fsp3) is 0.120. The quantitative estimate of drug-likeness (QED) is 0.393. The summed E-state index contributed by atoms with van der Waals surface area (Å²) in [7, 11) is 0. The van der Waals surface area contributed by atoms with Crippen LogP contribution in [0.1, 0.15) is 22.7 Å². The maximum Gasteiger partial charge on any atom is 0.317 e. The number of hydrogen-bond donors (Lipinski definition) is 1. The molecular formula is C25H17ClF2N2O2. The number of hydrogen-bond acceptors (Lipinski definition) is 3. The van der Waals surface area contributed by atoms with Crippen LogP contribution in [0.25, 0.3) is 11.4 Å². The van der Waals surface area contributed by atoms with Crippen molar-refractivity contribution >= 4 is 17.6 Å². The molecule has 2 atom stereocenters. The Labute approximate surface area is 187 Å². The molecule has 0 unspecified atom stereocenters. The van der Waals surface area contributed by atoms with Crippen LogP contribution in [0.3, 0.4) is 0 Å². The van der Waals surface area contributed by atoms with Crippen molar-refractivity contribution in [2.75, 3.05) is 0 Å². The van der Waals surface area contributed by atoms with Crippen molar-refractivity contribution in [2.24, 2.45) is 5.92 Å². The first-order valence-corrected chi connectivity index (χ1v) is 10.4. The van der Waals surface area contributed by atoms with E-state index in [1.54, 1.807) is 6.07 Å². The van der Waals surface area contributed by atoms with Gasteiger partial charge in [0, 0.05) is 10.9 Å². The number of benzene rings is 3. The van der Waals surface area contributed by atoms with E-state index in [0.29, 0.717) is 17.1 Å². The van der Waals surface area contributed by atoms with Crippen LogP contribution in [0.2, 0.25) is 5.02 Å². The Bertz CT molecular complexity index is 1310. The number of aromatic nitrogens is 2. The van der Waals surface area contributed by atoms with Gasteiger partial charge in [-0.15, -0.1) is 0 Å². The smallest absolute Gasteiger partial charge is 0.317 e. The second-order valence-electron chi connectivity index (χ2n) is 7.64. The number of esters is 1. The van der Waals surface area contributed by atoms with E-state index < -0.39 is 29.4 Å². The van der Waals surface area contributed by atoms with Gasteiger partial charge in [0.2, 0.25) is 5.88 Å². The van der Waals surface area contributed by atoms with Crippen molar-refractivity contribution in [2.45, 2.75) is 12.3 Å². The predicted molar refractivity (Wildman–Crippen MR) is 117 cm³/mol. The summed E-state index contributed by atoms with van der Waals surface area (Å²) in [5.74, 6) is -2.49. The monoisotopic (exact) mass is 450 g/mol. The molecule has 1 aromatic heterocycles. The zero-order chi connectivity index (χ0) is 22.2. The Balaban J connectivity index is 1.63. The molecule has 0 aliphatic carbocycles. The van der Waals surface area contributed by atoms with Crippen LogP contribution in [-0.4, -0.2) is 15.9 Å². The van der Waals surface area contributed by atoms with E-state index in [1.807, 2.05) is 48.5 Å². The predicted octanol–water partition coefficient (Wildman–Crippen LogP) is 5.92. The Morgan fingerprint density at radius 1 is 1.00 bits per heavy atom. The minimum Gasteiger partial charge on any atom is -0.407 e. The fourth-order valence-corrected chi connectivity index (χ4v) is 4.33. The lowest BCUT2D eigenvalue weighted by Crippen LogP contribution is -2.34. The minimum absolute atomic E-state index is 0.0371. The number of imidazole rings is 1. The maximum atomic E-state index is 14.4. The number of carbonyl (C=O) groups is 1. The van der Waals surface area contributed by atoms with Crippen LogP contribution < -0.4 is 4.74 Å². The van der Waals surface area contributed by atoms with Crippen molar-refractivity contribution in [3.8, 4) is 17.3 Å². The first-order chi connectivity index (χ1) is 15.5. The lowest BCUT2D eigenvalue weighted by atomic mass is 9.79. The molecule has 1 aliphatic rings. The molecule has 0 amide bonds. The third-order valence-electron chi connectivity index (χ3n) is 5.64. The molecule has 1 N–H and O–H groups in total. The van der Waals surface area contributed by atoms with Gasteiger partial charge in [-0.05, 0) is 41.8 Å². The van der Waals surface area contributed by atoms with Crippen LogP contribution in [0, 0.1) is 17.6 Å². The van der Waals surface area contributed by atoms with Gasteiger partial charge in [-0.1, -0.05) is 60.1 Å². The molecule has 0 bridgehead atoms. The number of halogens is 3. The maximum absolute atomic E-state index is 14.4. The molecule has 0 spiro atoms. The van der Waals surface area contributed by atoms with Crippen molar-refractivity contribution < 1.29 is 18.3 Å². The average molecular weight is 451 g/mol. The van der Waals surface area contributed by atoms with Crippen LogP contribution in [0.15, 0.2) is 72.8 Å². The van der Waals surface area contributed by atoms with Gasteiger partial charge in [-0.2, -0.15) is 0 Å². The molecule has 7 heteroatoms. The zero-order valence-electron chi connectivity index (χ0n) is 16.7. The molecule has 5 rings (SSSR count). The normalized spacial score (nSPS) is 17.7. The Morgan fingerprint density at radius 2 is 1.75 bits per heavy atom. The molecule has 4 nitrogen and oxygen atoms in total. The third-order valence-corrected chi connectivity index (χ3v) is 6.01. The summed E-state index contributed by atoms with van der Waals surface area (Å²) in [6, 6.07) is 19.9. The summed E-state index contributed by atoms with van der Waals surface area (Å²) in [6.45, 7) is 0. The average Bonchev–Trinajstić information content (AvgIpc) is 3.21. The van der Waals surface area contributed by atoms with Crippen molar-refractivity contribution in [3.63, 3.8) is 0 Å². The van der Waals surface area contributed by atoms with E-state index >= 15 is 0 Å². The molecule has 0 fully saturated rings. The highest BCUT2D eigenvalue weighted by atomic mass is 35.5. The molecule has 0 saturated carbocycles. The summed E-state index contributed by atoms with van der Waals surface area (Å²) in [6.07, 6.45) is 0.341. The van der Waals surface area contributed by atoms with Gasteiger partial charge in [-0.3, -0.25) is 4.79 Å². The molecule has 4 aromatic rings. The Kier molecular flexibility index (Phi) is 5.23. The van der Waals surface area contributed by atoms with E-state index in [-0.39, 0.29) is 17.3 Å². The van der Waals surface area contributed by atoms with E-state index in [0.717, 1.165) is 29.3 Å². The van der Waals surface area contributed by atoms with Crippen LogP contribution in [0.5, 0.6) is 5.88 Å². The van der Waals surface area contributed by atoms with Gasteiger partial charge < -0.3 is 9.72 Å².